The molecule has 1 aliphatic rings. The van der Waals surface area contributed by atoms with Gasteiger partial charge in [0.2, 0.25) is 0 Å². The van der Waals surface area contributed by atoms with Crippen molar-refractivity contribution in [2.75, 3.05) is 19.6 Å². The van der Waals surface area contributed by atoms with E-state index in [0.29, 0.717) is 13.1 Å². The molecule has 0 aromatic heterocycles. The van der Waals surface area contributed by atoms with Crippen LogP contribution >= 0.6 is 0 Å². The van der Waals surface area contributed by atoms with Crippen LogP contribution in [0.2, 0.25) is 0 Å². The molecule has 0 atom stereocenters. The number of benzene rings is 1. The van der Waals surface area contributed by atoms with Gasteiger partial charge in [-0.1, -0.05) is 30.3 Å². The van der Waals surface area contributed by atoms with Crippen molar-refractivity contribution in [1.29, 1.82) is 0 Å². The Morgan fingerprint density at radius 1 is 1.18 bits per heavy atom. The van der Waals surface area contributed by atoms with Crippen molar-refractivity contribution < 1.29 is 8.78 Å². The monoisotopic (exact) mass is 240 g/mol. The Morgan fingerprint density at radius 2 is 1.76 bits per heavy atom. The minimum absolute atomic E-state index is 0.0925. The Balaban J connectivity index is 1.98. The molecule has 1 aromatic carbocycles. The van der Waals surface area contributed by atoms with Crippen LogP contribution in [0.1, 0.15) is 18.4 Å². The number of halogens is 2. The van der Waals surface area contributed by atoms with Crippen LogP contribution in [0.15, 0.2) is 30.3 Å². The van der Waals surface area contributed by atoms with Crippen molar-refractivity contribution in [3.8, 4) is 0 Å². The Labute approximate surface area is 100 Å². The summed E-state index contributed by atoms with van der Waals surface area (Å²) in [5, 5.41) is 0. The second kappa shape index (κ2) is 5.10. The van der Waals surface area contributed by atoms with Crippen LogP contribution in [0.25, 0.3) is 0 Å². The van der Waals surface area contributed by atoms with Gasteiger partial charge in [-0.05, 0) is 25.9 Å². The zero-order valence-electron chi connectivity index (χ0n) is 9.78. The second-order valence-corrected chi connectivity index (χ2v) is 4.68. The van der Waals surface area contributed by atoms with Crippen LogP contribution < -0.4 is 5.73 Å². The molecule has 2 nitrogen and oxygen atoms in total. The van der Waals surface area contributed by atoms with Gasteiger partial charge in [-0.15, -0.1) is 0 Å². The predicted octanol–water partition coefficient (Wildman–Crippen LogP) is 2.20. The molecular formula is C13H18F2N2. The third-order valence-electron chi connectivity index (χ3n) is 3.25. The first-order valence-corrected chi connectivity index (χ1v) is 5.99. The summed E-state index contributed by atoms with van der Waals surface area (Å²) < 4.78 is 27.9. The Kier molecular flexibility index (Phi) is 3.74. The van der Waals surface area contributed by atoms with Gasteiger partial charge in [0.15, 0.2) is 0 Å². The lowest BCUT2D eigenvalue weighted by molar-refractivity contribution is -0.0424. The van der Waals surface area contributed by atoms with Gasteiger partial charge in [-0.3, -0.25) is 4.90 Å². The smallest absolute Gasteiger partial charge is 0.285 e. The third-order valence-corrected chi connectivity index (χ3v) is 3.25. The summed E-state index contributed by atoms with van der Waals surface area (Å²) in [7, 11) is 0. The largest absolute Gasteiger partial charge is 0.328 e. The van der Waals surface area contributed by atoms with Crippen molar-refractivity contribution in [3.05, 3.63) is 35.9 Å². The fourth-order valence-corrected chi connectivity index (χ4v) is 2.17. The van der Waals surface area contributed by atoms with E-state index >= 15 is 0 Å². The van der Waals surface area contributed by atoms with E-state index in [4.69, 9.17) is 5.73 Å². The molecule has 0 radical (unpaired) electrons. The maximum Gasteiger partial charge on any atom is 0.285 e. The summed E-state index contributed by atoms with van der Waals surface area (Å²) in [6, 6.07) is 8.19. The van der Waals surface area contributed by atoms with Crippen molar-refractivity contribution >= 4 is 0 Å². The first-order chi connectivity index (χ1) is 8.08. The highest BCUT2D eigenvalue weighted by Crippen LogP contribution is 2.29. The molecule has 0 saturated carbocycles. The fourth-order valence-electron chi connectivity index (χ4n) is 2.17. The zero-order valence-corrected chi connectivity index (χ0v) is 9.78. The summed E-state index contributed by atoms with van der Waals surface area (Å²) in [5.74, 6) is -2.78. The quantitative estimate of drug-likeness (QED) is 0.877. The molecule has 1 heterocycles. The topological polar surface area (TPSA) is 29.3 Å². The number of hydrogen-bond acceptors (Lipinski definition) is 2. The maximum absolute atomic E-state index is 14.0. The fraction of sp³-hybridized carbons (Fsp3) is 0.538. The highest BCUT2D eigenvalue weighted by atomic mass is 19.3. The number of rotatable bonds is 3. The molecule has 1 aromatic rings. The van der Waals surface area contributed by atoms with Crippen LogP contribution in [0, 0.1) is 0 Å². The van der Waals surface area contributed by atoms with Gasteiger partial charge in [0, 0.05) is 11.6 Å². The number of alkyl halides is 2. The average Bonchev–Trinajstić information content (AvgIpc) is 2.33. The van der Waals surface area contributed by atoms with E-state index in [1.54, 1.807) is 23.1 Å². The summed E-state index contributed by atoms with van der Waals surface area (Å²) in [4.78, 5) is 1.80. The molecule has 4 heteroatoms. The Morgan fingerprint density at radius 3 is 2.35 bits per heavy atom. The zero-order chi connectivity index (χ0) is 12.3. The van der Waals surface area contributed by atoms with Gasteiger partial charge in [0.05, 0.1) is 6.54 Å². The lowest BCUT2D eigenvalue weighted by atomic mass is 10.0. The number of piperidine rings is 1. The lowest BCUT2D eigenvalue weighted by Crippen LogP contribution is -2.44. The summed E-state index contributed by atoms with van der Waals surface area (Å²) in [5.41, 5.74) is 5.85. The van der Waals surface area contributed by atoms with Gasteiger partial charge in [0.25, 0.3) is 5.92 Å². The molecule has 1 saturated heterocycles. The molecule has 0 aliphatic carbocycles. The molecule has 0 amide bonds. The summed E-state index contributed by atoms with van der Waals surface area (Å²) in [6.45, 7) is 1.14. The normalized spacial score (nSPS) is 19.5. The van der Waals surface area contributed by atoms with E-state index < -0.39 is 5.92 Å². The van der Waals surface area contributed by atoms with Crippen LogP contribution in [0.3, 0.4) is 0 Å². The molecular weight excluding hydrogens is 222 g/mol. The van der Waals surface area contributed by atoms with Gasteiger partial charge >= 0.3 is 0 Å². The molecule has 1 fully saturated rings. The molecule has 2 N–H and O–H groups in total. The van der Waals surface area contributed by atoms with E-state index in [1.165, 1.54) is 12.1 Å². The SMILES string of the molecule is NC1CCN(CC(F)(F)c2ccccc2)CC1. The highest BCUT2D eigenvalue weighted by Gasteiger charge is 2.34. The van der Waals surface area contributed by atoms with Gasteiger partial charge < -0.3 is 5.73 Å². The molecule has 0 spiro atoms. The lowest BCUT2D eigenvalue weighted by Gasteiger charge is -2.32. The summed E-state index contributed by atoms with van der Waals surface area (Å²) >= 11 is 0. The number of likely N-dealkylation sites (tertiary alicyclic amines) is 1. The van der Waals surface area contributed by atoms with Crippen molar-refractivity contribution in [3.63, 3.8) is 0 Å². The third kappa shape index (κ3) is 3.23. The number of nitrogens with two attached hydrogens (primary N) is 1. The first-order valence-electron chi connectivity index (χ1n) is 5.99. The molecule has 2 rings (SSSR count). The van der Waals surface area contributed by atoms with Gasteiger partial charge in [0.1, 0.15) is 0 Å². The highest BCUT2D eigenvalue weighted by molar-refractivity contribution is 5.20. The predicted molar refractivity (Wildman–Crippen MR) is 64.0 cm³/mol. The van der Waals surface area contributed by atoms with E-state index in [0.717, 1.165) is 12.8 Å². The van der Waals surface area contributed by atoms with Crippen molar-refractivity contribution in [2.24, 2.45) is 5.73 Å². The molecule has 0 bridgehead atoms. The maximum atomic E-state index is 14.0. The van der Waals surface area contributed by atoms with E-state index in [1.807, 2.05) is 0 Å². The second-order valence-electron chi connectivity index (χ2n) is 4.68. The minimum atomic E-state index is -2.78. The van der Waals surface area contributed by atoms with Crippen LogP contribution in [0.4, 0.5) is 8.78 Å². The average molecular weight is 240 g/mol. The van der Waals surface area contributed by atoms with Crippen LogP contribution in [-0.4, -0.2) is 30.6 Å². The standard InChI is InChI=1S/C13H18F2N2/c14-13(15,11-4-2-1-3-5-11)10-17-8-6-12(16)7-9-17/h1-5,12H,6-10,16H2. The molecule has 0 unspecified atom stereocenters. The molecule has 17 heavy (non-hydrogen) atoms. The molecule has 1 aliphatic heterocycles. The number of nitrogens with zero attached hydrogens (tertiary/aromatic N) is 1. The van der Waals surface area contributed by atoms with Crippen molar-refractivity contribution in [2.45, 2.75) is 24.8 Å². The van der Waals surface area contributed by atoms with E-state index in [2.05, 4.69) is 0 Å². The Bertz CT molecular complexity index is 346. The van der Waals surface area contributed by atoms with E-state index in [9.17, 15) is 8.78 Å². The van der Waals surface area contributed by atoms with E-state index in [-0.39, 0.29) is 18.2 Å². The van der Waals surface area contributed by atoms with Crippen molar-refractivity contribution in [1.82, 2.24) is 4.90 Å². The van der Waals surface area contributed by atoms with Gasteiger partial charge in [-0.2, -0.15) is 8.78 Å². The first kappa shape index (κ1) is 12.5. The number of hydrogen-bond donors (Lipinski definition) is 1. The molecule has 94 valence electrons. The van der Waals surface area contributed by atoms with Crippen LogP contribution in [0.5, 0.6) is 0 Å². The summed E-state index contributed by atoms with van der Waals surface area (Å²) in [6.07, 6.45) is 1.62. The van der Waals surface area contributed by atoms with Gasteiger partial charge in [-0.25, -0.2) is 0 Å². The minimum Gasteiger partial charge on any atom is -0.328 e. The van der Waals surface area contributed by atoms with Crippen LogP contribution in [-0.2, 0) is 5.92 Å². The Hall–Kier alpha value is -1.00.